The Morgan fingerprint density at radius 3 is 2.82 bits per heavy atom. The summed E-state index contributed by atoms with van der Waals surface area (Å²) < 4.78 is 25.9. The minimum Gasteiger partial charge on any atom is -0.362 e. The van der Waals surface area contributed by atoms with Gasteiger partial charge in [0.05, 0.1) is 18.4 Å². The third-order valence-corrected chi connectivity index (χ3v) is 2.02. The standard InChI is InChI=1S/C9H6ClF2N5/c10-8-15-4-6(11)7(17-8)14-3-5-1-2-13-9(12)16-5/h1-2,4H,3H2,(H,14,15,17). The lowest BCUT2D eigenvalue weighted by Gasteiger charge is -2.05. The molecule has 0 aromatic carbocycles. The number of rotatable bonds is 3. The summed E-state index contributed by atoms with van der Waals surface area (Å²) in [5.74, 6) is -0.715. The van der Waals surface area contributed by atoms with Crippen molar-refractivity contribution in [3.05, 3.63) is 41.3 Å². The van der Waals surface area contributed by atoms with Crippen LogP contribution in [0.1, 0.15) is 5.69 Å². The minimum atomic E-state index is -0.842. The van der Waals surface area contributed by atoms with Crippen LogP contribution in [0.4, 0.5) is 14.6 Å². The van der Waals surface area contributed by atoms with E-state index in [2.05, 4.69) is 25.3 Å². The fraction of sp³-hybridized carbons (Fsp3) is 0.111. The smallest absolute Gasteiger partial charge is 0.308 e. The van der Waals surface area contributed by atoms with Gasteiger partial charge in [0.2, 0.25) is 5.28 Å². The van der Waals surface area contributed by atoms with E-state index in [4.69, 9.17) is 11.6 Å². The molecule has 17 heavy (non-hydrogen) atoms. The zero-order valence-electron chi connectivity index (χ0n) is 8.36. The minimum absolute atomic E-state index is 0.0657. The molecule has 0 spiro atoms. The van der Waals surface area contributed by atoms with E-state index in [-0.39, 0.29) is 17.6 Å². The highest BCUT2D eigenvalue weighted by molar-refractivity contribution is 6.28. The molecule has 88 valence electrons. The van der Waals surface area contributed by atoms with Crippen molar-refractivity contribution in [3.63, 3.8) is 0 Å². The molecular formula is C9H6ClF2N5. The third-order valence-electron chi connectivity index (χ3n) is 1.84. The van der Waals surface area contributed by atoms with E-state index in [0.717, 1.165) is 6.20 Å². The molecule has 2 aromatic heterocycles. The van der Waals surface area contributed by atoms with Crippen LogP contribution in [0.25, 0.3) is 0 Å². The van der Waals surface area contributed by atoms with Crippen LogP contribution in [0.3, 0.4) is 0 Å². The maximum atomic E-state index is 13.2. The third kappa shape index (κ3) is 3.04. The molecule has 0 saturated heterocycles. The largest absolute Gasteiger partial charge is 0.362 e. The van der Waals surface area contributed by atoms with Crippen molar-refractivity contribution in [1.82, 2.24) is 19.9 Å². The summed E-state index contributed by atoms with van der Waals surface area (Å²) in [6, 6.07) is 1.50. The van der Waals surface area contributed by atoms with Crippen LogP contribution in [0.2, 0.25) is 5.28 Å². The van der Waals surface area contributed by atoms with E-state index in [1.807, 2.05) is 0 Å². The molecule has 5 nitrogen and oxygen atoms in total. The van der Waals surface area contributed by atoms with Crippen LogP contribution >= 0.6 is 11.6 Å². The lowest BCUT2D eigenvalue weighted by Crippen LogP contribution is -2.07. The Balaban J connectivity index is 2.09. The van der Waals surface area contributed by atoms with E-state index < -0.39 is 11.9 Å². The van der Waals surface area contributed by atoms with Crippen molar-refractivity contribution >= 4 is 17.4 Å². The van der Waals surface area contributed by atoms with Crippen LogP contribution in [-0.2, 0) is 6.54 Å². The molecule has 0 unspecified atom stereocenters. The summed E-state index contributed by atoms with van der Waals surface area (Å²) in [5, 5.41) is 2.55. The highest BCUT2D eigenvalue weighted by atomic mass is 35.5. The van der Waals surface area contributed by atoms with E-state index >= 15 is 0 Å². The number of hydrogen-bond donors (Lipinski definition) is 1. The zero-order chi connectivity index (χ0) is 12.3. The van der Waals surface area contributed by atoms with E-state index in [0.29, 0.717) is 5.69 Å². The van der Waals surface area contributed by atoms with Crippen molar-refractivity contribution in [2.45, 2.75) is 6.54 Å². The maximum absolute atomic E-state index is 13.2. The molecule has 2 aromatic rings. The van der Waals surface area contributed by atoms with Gasteiger partial charge in [-0.3, -0.25) is 0 Å². The van der Waals surface area contributed by atoms with E-state index in [1.54, 1.807) is 0 Å². The number of anilines is 1. The van der Waals surface area contributed by atoms with Gasteiger partial charge in [0.25, 0.3) is 0 Å². The van der Waals surface area contributed by atoms with E-state index in [1.165, 1.54) is 12.3 Å². The molecule has 0 bridgehead atoms. The molecule has 0 aliphatic rings. The van der Waals surface area contributed by atoms with Crippen molar-refractivity contribution in [3.8, 4) is 0 Å². The molecule has 0 amide bonds. The van der Waals surface area contributed by atoms with Crippen molar-refractivity contribution in [2.75, 3.05) is 5.32 Å². The lowest BCUT2D eigenvalue weighted by molar-refractivity contribution is 0.532. The topological polar surface area (TPSA) is 63.6 Å². The second kappa shape index (κ2) is 4.96. The Kier molecular flexibility index (Phi) is 3.38. The SMILES string of the molecule is Fc1nccc(CNc2nc(Cl)ncc2F)n1. The van der Waals surface area contributed by atoms with E-state index in [9.17, 15) is 8.78 Å². The van der Waals surface area contributed by atoms with Crippen LogP contribution in [-0.4, -0.2) is 19.9 Å². The summed E-state index contributed by atoms with van der Waals surface area (Å²) in [6.07, 6.45) is 1.37. The molecule has 0 saturated carbocycles. The Hall–Kier alpha value is -1.89. The summed E-state index contributed by atoms with van der Waals surface area (Å²) >= 11 is 5.51. The first kappa shape index (κ1) is 11.6. The zero-order valence-corrected chi connectivity index (χ0v) is 9.12. The van der Waals surface area contributed by atoms with Gasteiger partial charge in [-0.25, -0.2) is 19.3 Å². The molecule has 0 aliphatic carbocycles. The summed E-state index contributed by atoms with van der Waals surface area (Å²) in [5.41, 5.74) is 0.367. The maximum Gasteiger partial charge on any atom is 0.308 e. The van der Waals surface area contributed by atoms with Crippen molar-refractivity contribution < 1.29 is 8.78 Å². The fourth-order valence-electron chi connectivity index (χ4n) is 1.11. The Bertz CT molecular complexity index is 537. The second-order valence-corrected chi connectivity index (χ2v) is 3.34. The normalized spacial score (nSPS) is 10.3. The lowest BCUT2D eigenvalue weighted by atomic mass is 10.4. The van der Waals surface area contributed by atoms with Crippen molar-refractivity contribution in [2.24, 2.45) is 0 Å². The molecule has 1 N–H and O–H groups in total. The first-order valence-corrected chi connectivity index (χ1v) is 4.92. The Morgan fingerprint density at radius 2 is 2.06 bits per heavy atom. The molecule has 2 heterocycles. The molecule has 2 rings (SSSR count). The van der Waals surface area contributed by atoms with Crippen LogP contribution in [0.5, 0.6) is 0 Å². The van der Waals surface area contributed by atoms with Gasteiger partial charge < -0.3 is 5.32 Å². The monoisotopic (exact) mass is 257 g/mol. The number of aromatic nitrogens is 4. The number of nitrogens with one attached hydrogen (secondary N) is 1. The summed E-state index contributed by atoms with van der Waals surface area (Å²) in [7, 11) is 0. The van der Waals surface area contributed by atoms with Gasteiger partial charge in [-0.1, -0.05) is 0 Å². The second-order valence-electron chi connectivity index (χ2n) is 3.01. The summed E-state index contributed by atoms with van der Waals surface area (Å²) in [4.78, 5) is 13.9. The van der Waals surface area contributed by atoms with Gasteiger partial charge >= 0.3 is 6.08 Å². The first-order chi connectivity index (χ1) is 8.15. The molecule has 8 heteroatoms. The Labute approximate surface area is 99.9 Å². The first-order valence-electron chi connectivity index (χ1n) is 4.54. The predicted octanol–water partition coefficient (Wildman–Crippen LogP) is 1.81. The van der Waals surface area contributed by atoms with Crippen LogP contribution in [0.15, 0.2) is 18.5 Å². The number of nitrogens with zero attached hydrogens (tertiary/aromatic N) is 4. The van der Waals surface area contributed by atoms with Gasteiger partial charge in [-0.15, -0.1) is 0 Å². The predicted molar refractivity (Wildman–Crippen MR) is 56.3 cm³/mol. The van der Waals surface area contributed by atoms with Crippen molar-refractivity contribution in [1.29, 1.82) is 0 Å². The fourth-order valence-corrected chi connectivity index (χ4v) is 1.25. The van der Waals surface area contributed by atoms with Gasteiger partial charge in [-0.05, 0) is 17.7 Å². The molecule has 0 atom stereocenters. The molecule has 0 fully saturated rings. The Morgan fingerprint density at radius 1 is 1.24 bits per heavy atom. The number of halogens is 3. The molecular weight excluding hydrogens is 252 g/mol. The van der Waals surface area contributed by atoms with Gasteiger partial charge in [0.15, 0.2) is 11.6 Å². The van der Waals surface area contributed by atoms with Crippen LogP contribution < -0.4 is 5.32 Å². The van der Waals surface area contributed by atoms with Gasteiger partial charge in [0.1, 0.15) is 0 Å². The van der Waals surface area contributed by atoms with Crippen LogP contribution in [0, 0.1) is 11.9 Å². The molecule has 0 radical (unpaired) electrons. The quantitative estimate of drug-likeness (QED) is 0.850. The number of hydrogen-bond acceptors (Lipinski definition) is 5. The highest BCUT2D eigenvalue weighted by Crippen LogP contribution is 2.12. The average molecular weight is 258 g/mol. The van der Waals surface area contributed by atoms with Gasteiger partial charge in [-0.2, -0.15) is 9.37 Å². The van der Waals surface area contributed by atoms with Gasteiger partial charge in [0, 0.05) is 6.20 Å². The highest BCUT2D eigenvalue weighted by Gasteiger charge is 2.06. The molecule has 0 aliphatic heterocycles. The summed E-state index contributed by atoms with van der Waals surface area (Å²) in [6.45, 7) is 0.101. The average Bonchev–Trinajstić information content (AvgIpc) is 2.30.